The highest BCUT2D eigenvalue weighted by atomic mass is 35.5. The van der Waals surface area contributed by atoms with Gasteiger partial charge in [0.15, 0.2) is 0 Å². The van der Waals surface area contributed by atoms with Crippen LogP contribution in [0.15, 0.2) is 66.9 Å². The minimum absolute atomic E-state index is 0.118. The summed E-state index contributed by atoms with van der Waals surface area (Å²) >= 11 is 11.7. The minimum atomic E-state index is -0.442. The zero-order valence-corrected chi connectivity index (χ0v) is 16.5. The number of halogens is 2. The van der Waals surface area contributed by atoms with Crippen molar-refractivity contribution in [2.45, 2.75) is 13.0 Å². The number of aromatic nitrogens is 1. The van der Waals surface area contributed by atoms with Crippen molar-refractivity contribution in [2.24, 2.45) is 0 Å². The van der Waals surface area contributed by atoms with Gasteiger partial charge in [0.25, 0.3) is 11.8 Å². The maximum absolute atomic E-state index is 12.8. The number of amides is 2. The summed E-state index contributed by atoms with van der Waals surface area (Å²) in [5.41, 5.74) is 1.96. The first-order valence-electron chi connectivity index (χ1n) is 8.53. The Bertz CT molecular complexity index is 1010. The molecule has 0 radical (unpaired) electrons. The first kappa shape index (κ1) is 19.9. The molecule has 0 saturated carbocycles. The second-order valence-electron chi connectivity index (χ2n) is 6.10. The third-order valence-corrected chi connectivity index (χ3v) is 4.81. The fraction of sp³-hybridized carbons (Fsp3) is 0.0952. The van der Waals surface area contributed by atoms with Gasteiger partial charge in [-0.3, -0.25) is 9.59 Å². The maximum atomic E-state index is 12.8. The van der Waals surface area contributed by atoms with Crippen molar-refractivity contribution in [1.29, 1.82) is 0 Å². The minimum Gasteiger partial charge on any atom is -0.345 e. The monoisotopic (exact) mass is 413 g/mol. The van der Waals surface area contributed by atoms with Crippen molar-refractivity contribution in [3.05, 3.63) is 93.7 Å². The molecule has 3 rings (SSSR count). The molecule has 0 bridgehead atoms. The number of para-hydroxylation sites is 1. The van der Waals surface area contributed by atoms with Crippen LogP contribution in [0.5, 0.6) is 0 Å². The maximum Gasteiger partial charge on any atom is 0.257 e. The highest BCUT2D eigenvalue weighted by molar-refractivity contribution is 6.41. The Morgan fingerprint density at radius 3 is 2.36 bits per heavy atom. The van der Waals surface area contributed by atoms with E-state index in [0.29, 0.717) is 11.3 Å². The molecule has 0 aliphatic rings. The molecule has 142 valence electrons. The van der Waals surface area contributed by atoms with Crippen LogP contribution in [-0.2, 0) is 0 Å². The Hall–Kier alpha value is -2.89. The van der Waals surface area contributed by atoms with Gasteiger partial charge in [-0.15, -0.1) is 0 Å². The summed E-state index contributed by atoms with van der Waals surface area (Å²) < 4.78 is 0. The van der Waals surface area contributed by atoms with Crippen LogP contribution in [-0.4, -0.2) is 16.8 Å². The fourth-order valence-electron chi connectivity index (χ4n) is 2.63. The summed E-state index contributed by atoms with van der Waals surface area (Å²) in [6.07, 6.45) is 1.32. The average Bonchev–Trinajstić information content (AvgIpc) is 2.71. The van der Waals surface area contributed by atoms with E-state index in [1.807, 2.05) is 37.3 Å². The van der Waals surface area contributed by atoms with Crippen LogP contribution in [0.2, 0.25) is 10.2 Å². The van der Waals surface area contributed by atoms with Crippen molar-refractivity contribution in [3.63, 3.8) is 0 Å². The molecular weight excluding hydrogens is 397 g/mol. The van der Waals surface area contributed by atoms with Gasteiger partial charge in [0.1, 0.15) is 5.15 Å². The molecule has 1 aromatic heterocycles. The largest absolute Gasteiger partial charge is 0.345 e. The lowest BCUT2D eigenvalue weighted by Gasteiger charge is -2.16. The Morgan fingerprint density at radius 1 is 0.964 bits per heavy atom. The summed E-state index contributed by atoms with van der Waals surface area (Å²) in [7, 11) is 0. The summed E-state index contributed by atoms with van der Waals surface area (Å²) in [6, 6.07) is 17.6. The molecule has 0 aliphatic heterocycles. The first-order valence-corrected chi connectivity index (χ1v) is 9.28. The Morgan fingerprint density at radius 2 is 1.64 bits per heavy atom. The standard InChI is InChI=1S/C21H17Cl2N3O2/c1-13(14-7-3-2-4-8-14)25-21(28)16-9-5-6-10-18(16)26-20(27)15-11-17(22)19(23)24-12-15/h2-13H,1H3,(H,25,28)(H,26,27). The Kier molecular flexibility index (Phi) is 6.29. The molecule has 1 heterocycles. The van der Waals surface area contributed by atoms with Gasteiger partial charge in [-0.25, -0.2) is 4.98 Å². The molecule has 0 saturated heterocycles. The van der Waals surface area contributed by atoms with Crippen molar-refractivity contribution >= 4 is 40.7 Å². The molecule has 0 spiro atoms. The van der Waals surface area contributed by atoms with Gasteiger partial charge < -0.3 is 10.6 Å². The summed E-state index contributed by atoms with van der Waals surface area (Å²) in [6.45, 7) is 1.90. The number of hydrogen-bond acceptors (Lipinski definition) is 3. The van der Waals surface area contributed by atoms with Crippen LogP contribution in [0.3, 0.4) is 0 Å². The second kappa shape index (κ2) is 8.87. The van der Waals surface area contributed by atoms with Gasteiger partial charge in [0.2, 0.25) is 0 Å². The Labute approximate surface area is 172 Å². The predicted octanol–water partition coefficient (Wildman–Crippen LogP) is 5.13. The van der Waals surface area contributed by atoms with E-state index in [1.54, 1.807) is 24.3 Å². The fourth-order valence-corrected chi connectivity index (χ4v) is 2.90. The number of nitrogens with zero attached hydrogens (tertiary/aromatic N) is 1. The molecule has 2 amide bonds. The topological polar surface area (TPSA) is 71.1 Å². The van der Waals surface area contributed by atoms with E-state index in [0.717, 1.165) is 5.56 Å². The number of benzene rings is 2. The van der Waals surface area contributed by atoms with E-state index in [9.17, 15) is 9.59 Å². The molecule has 2 N–H and O–H groups in total. The SMILES string of the molecule is CC(NC(=O)c1ccccc1NC(=O)c1cnc(Cl)c(Cl)c1)c1ccccc1. The molecule has 0 fully saturated rings. The number of rotatable bonds is 5. The van der Waals surface area contributed by atoms with Crippen LogP contribution in [0.25, 0.3) is 0 Å². The average molecular weight is 414 g/mol. The lowest BCUT2D eigenvalue weighted by atomic mass is 10.1. The van der Waals surface area contributed by atoms with Crippen molar-refractivity contribution in [3.8, 4) is 0 Å². The molecule has 1 atom stereocenters. The van der Waals surface area contributed by atoms with Gasteiger partial charge in [-0.2, -0.15) is 0 Å². The molecule has 28 heavy (non-hydrogen) atoms. The zero-order valence-electron chi connectivity index (χ0n) is 14.9. The zero-order chi connectivity index (χ0) is 20.1. The number of carbonyl (C=O) groups is 2. The van der Waals surface area contributed by atoms with Gasteiger partial charge in [0, 0.05) is 6.20 Å². The molecule has 7 heteroatoms. The van der Waals surface area contributed by atoms with E-state index >= 15 is 0 Å². The molecular formula is C21H17Cl2N3O2. The van der Waals surface area contributed by atoms with Gasteiger partial charge in [-0.1, -0.05) is 65.7 Å². The van der Waals surface area contributed by atoms with Gasteiger partial charge in [-0.05, 0) is 30.7 Å². The number of pyridine rings is 1. The van der Waals surface area contributed by atoms with E-state index in [4.69, 9.17) is 23.2 Å². The highest BCUT2D eigenvalue weighted by Gasteiger charge is 2.17. The van der Waals surface area contributed by atoms with Crippen molar-refractivity contribution < 1.29 is 9.59 Å². The van der Waals surface area contributed by atoms with Crippen LogP contribution in [0.4, 0.5) is 5.69 Å². The molecule has 1 unspecified atom stereocenters. The summed E-state index contributed by atoms with van der Waals surface area (Å²) in [5, 5.41) is 5.96. The third-order valence-electron chi connectivity index (χ3n) is 4.13. The molecule has 0 aliphatic carbocycles. The Balaban J connectivity index is 1.77. The lowest BCUT2D eigenvalue weighted by Crippen LogP contribution is -2.28. The van der Waals surface area contributed by atoms with Crippen molar-refractivity contribution in [1.82, 2.24) is 10.3 Å². The van der Waals surface area contributed by atoms with E-state index in [2.05, 4.69) is 15.6 Å². The number of hydrogen-bond donors (Lipinski definition) is 2. The third kappa shape index (κ3) is 4.68. The number of anilines is 1. The van der Waals surface area contributed by atoms with Crippen LogP contribution >= 0.6 is 23.2 Å². The highest BCUT2D eigenvalue weighted by Crippen LogP contribution is 2.22. The number of carbonyl (C=O) groups excluding carboxylic acids is 2. The second-order valence-corrected chi connectivity index (χ2v) is 6.87. The summed E-state index contributed by atoms with van der Waals surface area (Å²) in [5.74, 6) is -0.734. The summed E-state index contributed by atoms with van der Waals surface area (Å²) in [4.78, 5) is 29.1. The van der Waals surface area contributed by atoms with E-state index in [1.165, 1.54) is 12.3 Å². The molecule has 5 nitrogen and oxygen atoms in total. The van der Waals surface area contributed by atoms with E-state index < -0.39 is 5.91 Å². The predicted molar refractivity (Wildman–Crippen MR) is 111 cm³/mol. The van der Waals surface area contributed by atoms with Gasteiger partial charge >= 0.3 is 0 Å². The van der Waals surface area contributed by atoms with E-state index in [-0.39, 0.29) is 27.7 Å². The first-order chi connectivity index (χ1) is 13.5. The van der Waals surface area contributed by atoms with Crippen molar-refractivity contribution in [2.75, 3.05) is 5.32 Å². The smallest absolute Gasteiger partial charge is 0.257 e. The van der Waals surface area contributed by atoms with Crippen LogP contribution in [0, 0.1) is 0 Å². The molecule has 2 aromatic carbocycles. The van der Waals surface area contributed by atoms with Crippen LogP contribution < -0.4 is 10.6 Å². The normalized spacial score (nSPS) is 11.5. The van der Waals surface area contributed by atoms with Gasteiger partial charge in [0.05, 0.1) is 27.9 Å². The van der Waals surface area contributed by atoms with Crippen LogP contribution in [0.1, 0.15) is 39.2 Å². The molecule has 3 aromatic rings. The quantitative estimate of drug-likeness (QED) is 0.569. The lowest BCUT2D eigenvalue weighted by molar-refractivity contribution is 0.0941. The number of nitrogens with one attached hydrogen (secondary N) is 2.